The average Bonchev–Trinajstić information content (AvgIpc) is 3.81. The van der Waals surface area contributed by atoms with Crippen LogP contribution in [0.2, 0.25) is 0 Å². The Labute approximate surface area is 251 Å². The third-order valence-corrected chi connectivity index (χ3v) is 14.9. The third kappa shape index (κ3) is 4.70. The molecule has 2 unspecified atom stereocenters. The summed E-state index contributed by atoms with van der Waals surface area (Å²) < 4.78 is 32.4. The molecule has 1 aliphatic carbocycles. The summed E-state index contributed by atoms with van der Waals surface area (Å²) >= 11 is -1.01. The van der Waals surface area contributed by atoms with E-state index in [1.54, 1.807) is 42.9 Å². The number of hydrogen-bond acceptors (Lipinski definition) is 7. The topological polar surface area (TPSA) is 120 Å². The van der Waals surface area contributed by atoms with Crippen molar-refractivity contribution in [2.75, 3.05) is 23.0 Å². The molecule has 2 atom stereocenters. The molecule has 42 heavy (non-hydrogen) atoms. The van der Waals surface area contributed by atoms with Crippen molar-refractivity contribution in [3.8, 4) is 11.1 Å². The number of imidazole rings is 1. The zero-order valence-corrected chi connectivity index (χ0v) is 26.5. The van der Waals surface area contributed by atoms with E-state index < -0.39 is 29.8 Å². The molecule has 220 valence electrons. The van der Waals surface area contributed by atoms with E-state index in [4.69, 9.17) is 0 Å². The number of carbonyl (C=O) groups excluding carboxylic acids is 1. The van der Waals surface area contributed by atoms with E-state index in [9.17, 15) is 13.2 Å². The molecule has 0 N–H and O–H groups in total. The Kier molecular flexibility index (Phi) is 7.03. The number of halogens is 1. The van der Waals surface area contributed by atoms with E-state index in [1.165, 1.54) is 29.6 Å². The number of aromatic nitrogens is 7. The average molecular weight is 701 g/mol. The summed E-state index contributed by atoms with van der Waals surface area (Å²) in [7, 11) is -4.03. The molecule has 0 spiro atoms. The normalized spacial score (nSPS) is 20.5. The fourth-order valence-electron chi connectivity index (χ4n) is 6.41. The number of carbonyl (C=O) groups is 1. The second-order valence-corrected chi connectivity index (χ2v) is 19.2. The summed E-state index contributed by atoms with van der Waals surface area (Å²) in [6.45, 7) is 1.52. The van der Waals surface area contributed by atoms with Crippen LogP contribution in [0.4, 0.5) is 0 Å². The molecule has 0 radical (unpaired) electrons. The minimum atomic E-state index is -4.03. The summed E-state index contributed by atoms with van der Waals surface area (Å²) in [4.78, 5) is 28.9. The molecule has 1 saturated carbocycles. The first-order valence-electron chi connectivity index (χ1n) is 14.1. The van der Waals surface area contributed by atoms with Crippen LogP contribution in [0.3, 0.4) is 0 Å². The molecule has 0 bridgehead atoms. The zero-order valence-electron chi connectivity index (χ0n) is 23.5. The SMILES string of the molecule is CI(C)C1CCCC1C(=O)N1CCC(n2cc(-c3cnc4cnn(S(=O)(=O)c5cnc6ccccn56)c4c3)cn2)CC1. The first-order valence-corrected chi connectivity index (χ1v) is 21.1. The Morgan fingerprint density at radius 1 is 0.952 bits per heavy atom. The van der Waals surface area contributed by atoms with E-state index in [2.05, 4.69) is 34.9 Å². The van der Waals surface area contributed by atoms with Gasteiger partial charge in [-0.15, -0.1) is 0 Å². The zero-order chi connectivity index (χ0) is 29.0. The second kappa shape index (κ2) is 10.7. The monoisotopic (exact) mass is 700 g/mol. The van der Waals surface area contributed by atoms with Gasteiger partial charge in [0.05, 0.1) is 12.4 Å². The third-order valence-electron chi connectivity index (χ3n) is 8.66. The van der Waals surface area contributed by atoms with Gasteiger partial charge in [-0.05, 0) is 12.1 Å². The van der Waals surface area contributed by atoms with Gasteiger partial charge >= 0.3 is 162 Å². The molecule has 2 fully saturated rings. The first-order chi connectivity index (χ1) is 20.3. The van der Waals surface area contributed by atoms with Crippen LogP contribution in [0.15, 0.2) is 66.5 Å². The fraction of sp³-hybridized carbons (Fsp3) is 0.414. The number of fused-ring (bicyclic) bond motifs is 2. The summed E-state index contributed by atoms with van der Waals surface area (Å²) in [6.07, 6.45) is 15.2. The van der Waals surface area contributed by atoms with Gasteiger partial charge in [0.1, 0.15) is 16.7 Å². The second-order valence-electron chi connectivity index (χ2n) is 11.3. The number of piperidine rings is 1. The van der Waals surface area contributed by atoms with Gasteiger partial charge in [0, 0.05) is 6.20 Å². The summed E-state index contributed by atoms with van der Waals surface area (Å²) in [6, 6.07) is 7.31. The van der Waals surface area contributed by atoms with Gasteiger partial charge in [-0.1, -0.05) is 6.07 Å². The number of pyridine rings is 2. The Balaban J connectivity index is 1.10. The summed E-state index contributed by atoms with van der Waals surface area (Å²) in [5.74, 6) is 0.614. The van der Waals surface area contributed by atoms with Crippen molar-refractivity contribution in [2.24, 2.45) is 5.92 Å². The van der Waals surface area contributed by atoms with E-state index in [0.29, 0.717) is 26.5 Å². The van der Waals surface area contributed by atoms with E-state index in [1.807, 2.05) is 10.9 Å². The van der Waals surface area contributed by atoms with E-state index in [-0.39, 0.29) is 17.0 Å². The van der Waals surface area contributed by atoms with Crippen molar-refractivity contribution in [1.82, 2.24) is 38.2 Å². The van der Waals surface area contributed by atoms with Gasteiger partial charge in [0.2, 0.25) is 0 Å². The number of hydrogen-bond donors (Lipinski definition) is 0. The Morgan fingerprint density at radius 3 is 2.60 bits per heavy atom. The fourth-order valence-corrected chi connectivity index (χ4v) is 11.8. The maximum absolute atomic E-state index is 13.6. The standard InChI is InChI=1S/C29H33IN8O3S/c1-30(2)24-7-5-6-23(24)29(39)35-12-9-22(10-13-35)37-19-21(16-33-37)20-14-26-25(31-15-20)17-34-38(26)42(40,41)28-18-32-27-8-3-4-11-36(27)28/h3-4,8,11,14-19,22-24H,5-7,9-10,12-13H2,1-2H3. The predicted molar refractivity (Wildman–Crippen MR) is 168 cm³/mol. The molecule has 0 aromatic carbocycles. The van der Waals surface area contributed by atoms with Crippen LogP contribution in [0.25, 0.3) is 27.8 Å². The van der Waals surface area contributed by atoms with Crippen molar-refractivity contribution in [1.29, 1.82) is 0 Å². The molecule has 5 aromatic heterocycles. The van der Waals surface area contributed by atoms with Crippen LogP contribution in [-0.2, 0) is 14.8 Å². The van der Waals surface area contributed by atoms with Gasteiger partial charge in [0.15, 0.2) is 5.03 Å². The van der Waals surface area contributed by atoms with Crippen LogP contribution < -0.4 is 0 Å². The molecule has 6 heterocycles. The molecule has 1 amide bonds. The number of likely N-dealkylation sites (tertiary alicyclic amines) is 1. The molecule has 1 saturated heterocycles. The van der Waals surface area contributed by atoms with Gasteiger partial charge < -0.3 is 0 Å². The number of alkyl halides is 3. The molecule has 5 aromatic rings. The van der Waals surface area contributed by atoms with Crippen LogP contribution in [0, 0.1) is 5.92 Å². The molecular weight excluding hydrogens is 667 g/mol. The molecular formula is C29H33IN8O3S. The number of rotatable bonds is 6. The van der Waals surface area contributed by atoms with Gasteiger partial charge in [-0.2, -0.15) is 17.6 Å². The number of nitrogens with zero attached hydrogens (tertiary/aromatic N) is 8. The van der Waals surface area contributed by atoms with Crippen molar-refractivity contribution < 1.29 is 13.2 Å². The van der Waals surface area contributed by atoms with Gasteiger partial charge in [-0.25, -0.2) is 4.98 Å². The molecule has 11 nitrogen and oxygen atoms in total. The minimum absolute atomic E-state index is 0.0288. The van der Waals surface area contributed by atoms with E-state index >= 15 is 0 Å². The van der Waals surface area contributed by atoms with Crippen LogP contribution in [-0.4, -0.2) is 79.4 Å². The molecule has 1 aliphatic heterocycles. The van der Waals surface area contributed by atoms with Crippen molar-refractivity contribution in [3.05, 3.63) is 61.4 Å². The van der Waals surface area contributed by atoms with E-state index in [0.717, 1.165) is 47.6 Å². The van der Waals surface area contributed by atoms with Gasteiger partial charge in [0.25, 0.3) is 0 Å². The Hall–Kier alpha value is -3.33. The maximum atomic E-state index is 13.6. The van der Waals surface area contributed by atoms with Crippen LogP contribution >= 0.6 is 19.8 Å². The summed E-state index contributed by atoms with van der Waals surface area (Å²) in [5, 5.41) is 8.86. The Bertz CT molecular complexity index is 1890. The van der Waals surface area contributed by atoms with Crippen molar-refractivity contribution in [3.63, 3.8) is 0 Å². The van der Waals surface area contributed by atoms with Gasteiger partial charge in [-0.3, -0.25) is 9.38 Å². The quantitative estimate of drug-likeness (QED) is 0.192. The summed E-state index contributed by atoms with van der Waals surface area (Å²) in [5.41, 5.74) is 2.99. The van der Waals surface area contributed by atoms with Crippen LogP contribution in [0.5, 0.6) is 0 Å². The molecule has 7 rings (SSSR count). The van der Waals surface area contributed by atoms with Crippen molar-refractivity contribution in [2.45, 2.75) is 47.1 Å². The predicted octanol–water partition coefficient (Wildman–Crippen LogP) is 4.28. The molecule has 2 aliphatic rings. The number of amides is 1. The first kappa shape index (κ1) is 27.5. The van der Waals surface area contributed by atoms with Crippen LogP contribution in [0.1, 0.15) is 38.1 Å². The van der Waals surface area contributed by atoms with Crippen molar-refractivity contribution >= 4 is 52.4 Å². The Morgan fingerprint density at radius 2 is 1.79 bits per heavy atom. The molecule has 13 heteroatoms.